The van der Waals surface area contributed by atoms with Crippen LogP contribution in [0.2, 0.25) is 0 Å². The summed E-state index contributed by atoms with van der Waals surface area (Å²) in [5.74, 6) is -2.14. The molecule has 2 saturated heterocycles. The molecule has 51 heavy (non-hydrogen) atoms. The van der Waals surface area contributed by atoms with E-state index < -0.39 is 23.9 Å². The molecule has 4 rings (SSSR count). The molecule has 1 unspecified atom stereocenters. The molecule has 0 bridgehead atoms. The van der Waals surface area contributed by atoms with Crippen molar-refractivity contribution in [1.82, 2.24) is 0 Å². The van der Waals surface area contributed by atoms with Crippen molar-refractivity contribution in [2.75, 3.05) is 33.5 Å². The molecule has 14 nitrogen and oxygen atoms in total. The minimum Gasteiger partial charge on any atom is -0.478 e. The van der Waals surface area contributed by atoms with Crippen LogP contribution in [0, 0.1) is 0 Å². The normalized spacial score (nSPS) is 16.8. The summed E-state index contributed by atoms with van der Waals surface area (Å²) in [6, 6.07) is 11.8. The Bertz CT molecular complexity index is 1430. The first kappa shape index (κ1) is 42.0. The summed E-state index contributed by atoms with van der Waals surface area (Å²) in [7, 11) is 1.71. The second-order valence-electron chi connectivity index (χ2n) is 10.9. The molecule has 0 amide bonds. The number of carbonyl (C=O) groups is 6. The third kappa shape index (κ3) is 16.9. The van der Waals surface area contributed by atoms with Gasteiger partial charge >= 0.3 is 29.8 Å². The number of unbranched alkanes of at least 4 members (excludes halogenated alkanes) is 2. The molecule has 0 saturated carbocycles. The number of ether oxygens (including phenoxy) is 7. The average molecular weight is 713 g/mol. The highest BCUT2D eigenvalue weighted by molar-refractivity contribution is 5.87. The summed E-state index contributed by atoms with van der Waals surface area (Å²) < 4.78 is 35.7. The third-order valence-corrected chi connectivity index (χ3v) is 7.18. The standard InChI is InChI=1S/C16H18O5.C14H14O6.C7H12O3/c1-2-15(18)20-11-5-3-4-6-16(19)21-14-9-7-13(12-17)8-10-14;1-2-12(15)19-9-3-4-13(16)20-11-7-5-10(6-8-11)14(17)18;1-8-6-4-10-5-2-3-9-7(5)6/h2,7-10,12H,1,3-6,11H2;2,5-8H,1,3-4,9H2,(H,17,18);5-7H,2-4H2,1H3/t;;5-,6?,7+/m..1/s1. The van der Waals surface area contributed by atoms with Crippen LogP contribution in [-0.4, -0.2) is 93.1 Å². The van der Waals surface area contributed by atoms with E-state index >= 15 is 0 Å². The Hall–Kier alpha value is -5.18. The summed E-state index contributed by atoms with van der Waals surface area (Å²) in [5.41, 5.74) is 0.644. The second-order valence-corrected chi connectivity index (χ2v) is 10.9. The minimum atomic E-state index is -1.05. The van der Waals surface area contributed by atoms with Crippen LogP contribution in [0.5, 0.6) is 11.5 Å². The first-order valence-electron chi connectivity index (χ1n) is 16.2. The quantitative estimate of drug-likeness (QED) is 0.0783. The Morgan fingerprint density at radius 1 is 0.784 bits per heavy atom. The lowest BCUT2D eigenvalue weighted by Crippen LogP contribution is -2.28. The van der Waals surface area contributed by atoms with Crippen LogP contribution in [0.1, 0.15) is 65.7 Å². The van der Waals surface area contributed by atoms with Gasteiger partial charge in [-0.15, -0.1) is 0 Å². The monoisotopic (exact) mass is 712 g/mol. The first-order chi connectivity index (χ1) is 24.6. The van der Waals surface area contributed by atoms with Crippen molar-refractivity contribution < 1.29 is 67.0 Å². The van der Waals surface area contributed by atoms with E-state index in [0.29, 0.717) is 56.3 Å². The number of aromatic carboxylic acids is 1. The predicted molar refractivity (Wildman–Crippen MR) is 181 cm³/mol. The van der Waals surface area contributed by atoms with Gasteiger partial charge in [0.05, 0.1) is 31.5 Å². The van der Waals surface area contributed by atoms with Crippen LogP contribution >= 0.6 is 0 Å². The van der Waals surface area contributed by atoms with Gasteiger partial charge in [0.15, 0.2) is 0 Å². The van der Waals surface area contributed by atoms with E-state index in [-0.39, 0.29) is 42.5 Å². The second kappa shape index (κ2) is 24.1. The average Bonchev–Trinajstić information content (AvgIpc) is 3.77. The number of hydrogen-bond acceptors (Lipinski definition) is 13. The molecule has 0 spiro atoms. The van der Waals surface area contributed by atoms with E-state index in [4.69, 9.17) is 38.3 Å². The molecular formula is C37H44O14. The maximum Gasteiger partial charge on any atom is 0.335 e. The Morgan fingerprint density at radius 2 is 1.33 bits per heavy atom. The van der Waals surface area contributed by atoms with E-state index in [0.717, 1.165) is 37.9 Å². The molecule has 0 aliphatic carbocycles. The fourth-order valence-electron chi connectivity index (χ4n) is 4.51. The molecule has 3 atom stereocenters. The molecule has 2 fully saturated rings. The predicted octanol–water partition coefficient (Wildman–Crippen LogP) is 4.68. The van der Waals surface area contributed by atoms with Crippen LogP contribution < -0.4 is 9.47 Å². The van der Waals surface area contributed by atoms with Gasteiger partial charge in [-0.25, -0.2) is 14.4 Å². The van der Waals surface area contributed by atoms with Crippen LogP contribution in [-0.2, 0) is 42.9 Å². The Kier molecular flexibility index (Phi) is 19.8. The lowest BCUT2D eigenvalue weighted by molar-refractivity contribution is -0.140. The van der Waals surface area contributed by atoms with E-state index in [1.807, 2.05) is 0 Å². The zero-order valence-corrected chi connectivity index (χ0v) is 28.5. The van der Waals surface area contributed by atoms with Gasteiger partial charge in [0, 0.05) is 44.3 Å². The lowest BCUT2D eigenvalue weighted by Gasteiger charge is -2.12. The van der Waals surface area contributed by atoms with Crippen molar-refractivity contribution in [3.63, 3.8) is 0 Å². The molecule has 2 heterocycles. The number of fused-ring (bicyclic) bond motifs is 1. The van der Waals surface area contributed by atoms with Crippen molar-refractivity contribution in [1.29, 1.82) is 0 Å². The third-order valence-electron chi connectivity index (χ3n) is 7.18. The van der Waals surface area contributed by atoms with Gasteiger partial charge in [0.25, 0.3) is 0 Å². The molecule has 2 aromatic carbocycles. The maximum absolute atomic E-state index is 11.6. The van der Waals surface area contributed by atoms with Gasteiger partial charge in [0.2, 0.25) is 0 Å². The fraction of sp³-hybridized carbons (Fsp3) is 0.405. The number of carboxylic acids is 1. The molecule has 2 aromatic rings. The van der Waals surface area contributed by atoms with Gasteiger partial charge < -0.3 is 38.3 Å². The zero-order chi connectivity index (χ0) is 37.4. The minimum absolute atomic E-state index is 0.0884. The molecule has 2 aliphatic rings. The topological polar surface area (TPSA) is 187 Å². The largest absolute Gasteiger partial charge is 0.478 e. The Labute approximate surface area is 296 Å². The summed E-state index contributed by atoms with van der Waals surface area (Å²) in [5, 5.41) is 8.71. The van der Waals surface area contributed by atoms with E-state index in [1.165, 1.54) is 24.3 Å². The van der Waals surface area contributed by atoms with E-state index in [1.54, 1.807) is 31.4 Å². The number of aldehydes is 1. The lowest BCUT2D eigenvalue weighted by atomic mass is 10.1. The van der Waals surface area contributed by atoms with Crippen molar-refractivity contribution >= 4 is 36.1 Å². The molecule has 0 radical (unpaired) electrons. The molecule has 2 aliphatic heterocycles. The van der Waals surface area contributed by atoms with Crippen LogP contribution in [0.15, 0.2) is 73.8 Å². The Balaban J connectivity index is 0.000000280. The summed E-state index contributed by atoms with van der Waals surface area (Å²) >= 11 is 0. The molecule has 14 heteroatoms. The van der Waals surface area contributed by atoms with Crippen LogP contribution in [0.25, 0.3) is 0 Å². The number of benzene rings is 2. The smallest absolute Gasteiger partial charge is 0.335 e. The van der Waals surface area contributed by atoms with E-state index in [9.17, 15) is 28.8 Å². The van der Waals surface area contributed by atoms with Crippen molar-refractivity contribution in [3.05, 3.63) is 85.0 Å². The zero-order valence-electron chi connectivity index (χ0n) is 28.5. The fourth-order valence-corrected chi connectivity index (χ4v) is 4.51. The highest BCUT2D eigenvalue weighted by atomic mass is 16.6. The van der Waals surface area contributed by atoms with Gasteiger partial charge in [-0.05, 0) is 80.6 Å². The van der Waals surface area contributed by atoms with E-state index in [2.05, 4.69) is 13.2 Å². The van der Waals surface area contributed by atoms with Crippen LogP contribution in [0.3, 0.4) is 0 Å². The number of rotatable bonds is 17. The number of esters is 4. The van der Waals surface area contributed by atoms with Gasteiger partial charge in [-0.3, -0.25) is 14.4 Å². The summed E-state index contributed by atoms with van der Waals surface area (Å²) in [6.07, 6.45) is 7.47. The number of carboxylic acid groups (broad SMARTS) is 1. The van der Waals surface area contributed by atoms with Crippen molar-refractivity contribution in [2.45, 2.75) is 63.3 Å². The SMILES string of the molecule is C=CC(=O)OCCCC(=O)Oc1ccc(C(=O)O)cc1.C=CC(=O)OCCCCCC(=O)Oc1ccc(C=O)cc1.COC1CO[C@@H]2CCO[C@H]12. The Morgan fingerprint density at radius 3 is 1.86 bits per heavy atom. The summed E-state index contributed by atoms with van der Waals surface area (Å²) in [6.45, 7) is 8.50. The highest BCUT2D eigenvalue weighted by Gasteiger charge is 2.41. The highest BCUT2D eigenvalue weighted by Crippen LogP contribution is 2.27. The first-order valence-corrected chi connectivity index (χ1v) is 16.2. The van der Waals surface area contributed by atoms with Gasteiger partial charge in [-0.2, -0.15) is 0 Å². The number of carbonyl (C=O) groups excluding carboxylic acids is 5. The van der Waals surface area contributed by atoms with Gasteiger partial charge in [-0.1, -0.05) is 13.2 Å². The molecule has 1 N–H and O–H groups in total. The number of hydrogen-bond donors (Lipinski definition) is 1. The molecular weight excluding hydrogens is 668 g/mol. The van der Waals surface area contributed by atoms with Crippen molar-refractivity contribution in [2.24, 2.45) is 0 Å². The number of methoxy groups -OCH3 is 1. The van der Waals surface area contributed by atoms with Crippen molar-refractivity contribution in [3.8, 4) is 11.5 Å². The van der Waals surface area contributed by atoms with Crippen LogP contribution in [0.4, 0.5) is 0 Å². The molecule has 276 valence electrons. The maximum atomic E-state index is 11.6. The summed E-state index contributed by atoms with van der Waals surface area (Å²) in [4.78, 5) is 65.6. The van der Waals surface area contributed by atoms with Gasteiger partial charge in [0.1, 0.15) is 30.0 Å². The molecule has 0 aromatic heterocycles.